The second-order valence-electron chi connectivity index (χ2n) is 3.80. The predicted octanol–water partition coefficient (Wildman–Crippen LogP) is 1.46. The molecule has 4 heteroatoms. The molecule has 0 amide bonds. The summed E-state index contributed by atoms with van der Waals surface area (Å²) in [5, 5.41) is 18.5. The third-order valence-electron chi connectivity index (χ3n) is 2.27. The van der Waals surface area contributed by atoms with Crippen LogP contribution in [0.3, 0.4) is 0 Å². The maximum atomic E-state index is 10.8. The van der Waals surface area contributed by atoms with Gasteiger partial charge < -0.3 is 14.9 Å². The highest BCUT2D eigenvalue weighted by Gasteiger charge is 2.31. The molecule has 0 fully saturated rings. The summed E-state index contributed by atoms with van der Waals surface area (Å²) in [5.74, 6) is -0.620. The molecule has 1 atom stereocenters. The van der Waals surface area contributed by atoms with Gasteiger partial charge in [-0.1, -0.05) is 18.2 Å². The van der Waals surface area contributed by atoms with E-state index < -0.39 is 11.6 Å². The number of hydrogen-bond donors (Lipinski definition) is 2. The Morgan fingerprint density at radius 1 is 1.44 bits per heavy atom. The number of carboxylic acids is 1. The molecular weight excluding hydrogens is 208 g/mol. The van der Waals surface area contributed by atoms with Crippen molar-refractivity contribution in [1.29, 1.82) is 0 Å². The number of hydrogen-bond acceptors (Lipinski definition) is 3. The fraction of sp³-hybridized carbons (Fsp3) is 0.417. The number of rotatable bonds is 5. The van der Waals surface area contributed by atoms with Gasteiger partial charge >= 0.3 is 5.97 Å². The monoisotopic (exact) mass is 224 g/mol. The van der Waals surface area contributed by atoms with E-state index in [-0.39, 0.29) is 6.42 Å². The van der Waals surface area contributed by atoms with Crippen molar-refractivity contribution in [1.82, 2.24) is 0 Å². The van der Waals surface area contributed by atoms with Crippen molar-refractivity contribution in [3.05, 3.63) is 29.8 Å². The Labute approximate surface area is 94.5 Å². The van der Waals surface area contributed by atoms with Gasteiger partial charge in [-0.15, -0.1) is 0 Å². The van der Waals surface area contributed by atoms with Crippen LogP contribution < -0.4 is 4.74 Å². The molecular formula is C12H16O4. The van der Waals surface area contributed by atoms with Crippen molar-refractivity contribution in [2.24, 2.45) is 0 Å². The summed E-state index contributed by atoms with van der Waals surface area (Å²) in [4.78, 5) is 10.8. The summed E-state index contributed by atoms with van der Waals surface area (Å²) >= 11 is 0. The van der Waals surface area contributed by atoms with Crippen molar-refractivity contribution >= 4 is 5.97 Å². The van der Waals surface area contributed by atoms with Crippen LogP contribution in [-0.4, -0.2) is 28.4 Å². The predicted molar refractivity (Wildman–Crippen MR) is 59.6 cm³/mol. The Morgan fingerprint density at radius 3 is 2.62 bits per heavy atom. The summed E-state index contributed by atoms with van der Waals surface area (Å²) in [6.07, 6.45) is 0.0263. The third-order valence-corrected chi connectivity index (χ3v) is 2.27. The van der Waals surface area contributed by atoms with Gasteiger partial charge in [-0.3, -0.25) is 0 Å². The van der Waals surface area contributed by atoms with E-state index in [4.69, 9.17) is 9.84 Å². The number of aliphatic hydroxyl groups is 1. The van der Waals surface area contributed by atoms with Crippen molar-refractivity contribution in [3.8, 4) is 5.75 Å². The molecule has 0 saturated heterocycles. The molecule has 2 N–H and O–H groups in total. The fourth-order valence-electron chi connectivity index (χ4n) is 1.39. The van der Waals surface area contributed by atoms with Crippen LogP contribution in [0.25, 0.3) is 0 Å². The van der Waals surface area contributed by atoms with Gasteiger partial charge in [0.1, 0.15) is 5.75 Å². The van der Waals surface area contributed by atoms with E-state index in [1.807, 2.05) is 13.0 Å². The van der Waals surface area contributed by atoms with Crippen LogP contribution in [0.4, 0.5) is 0 Å². The lowest BCUT2D eigenvalue weighted by Gasteiger charge is -2.19. The SMILES string of the molecule is CCOc1ccccc1CC(C)(O)C(=O)O. The zero-order valence-corrected chi connectivity index (χ0v) is 9.43. The van der Waals surface area contributed by atoms with E-state index in [1.54, 1.807) is 18.2 Å². The van der Waals surface area contributed by atoms with Crippen LogP contribution in [0.15, 0.2) is 24.3 Å². The molecule has 0 aliphatic rings. The average molecular weight is 224 g/mol. The number of benzene rings is 1. The molecule has 1 unspecified atom stereocenters. The number of carbonyl (C=O) groups is 1. The zero-order valence-electron chi connectivity index (χ0n) is 9.43. The number of para-hydroxylation sites is 1. The molecule has 4 nitrogen and oxygen atoms in total. The molecule has 16 heavy (non-hydrogen) atoms. The second-order valence-corrected chi connectivity index (χ2v) is 3.80. The van der Waals surface area contributed by atoms with E-state index in [0.717, 1.165) is 0 Å². The number of carboxylic acid groups (broad SMARTS) is 1. The van der Waals surface area contributed by atoms with Crippen LogP contribution in [0.2, 0.25) is 0 Å². The molecule has 0 heterocycles. The van der Waals surface area contributed by atoms with Gasteiger partial charge in [0.05, 0.1) is 6.61 Å². The van der Waals surface area contributed by atoms with Crippen molar-refractivity contribution in [2.75, 3.05) is 6.61 Å². The van der Waals surface area contributed by atoms with Gasteiger partial charge in [-0.05, 0) is 25.5 Å². The molecule has 0 bridgehead atoms. The van der Waals surface area contributed by atoms with Crippen molar-refractivity contribution < 1.29 is 19.7 Å². The van der Waals surface area contributed by atoms with Gasteiger partial charge in [-0.25, -0.2) is 4.79 Å². The molecule has 0 spiro atoms. The lowest BCUT2D eigenvalue weighted by Crippen LogP contribution is -2.37. The Bertz CT molecular complexity index is 371. The normalized spacial score (nSPS) is 14.2. The highest BCUT2D eigenvalue weighted by molar-refractivity contribution is 5.77. The minimum absolute atomic E-state index is 0.0263. The fourth-order valence-corrected chi connectivity index (χ4v) is 1.39. The van der Waals surface area contributed by atoms with E-state index in [1.165, 1.54) is 6.92 Å². The minimum Gasteiger partial charge on any atom is -0.494 e. The molecule has 0 aliphatic carbocycles. The van der Waals surface area contributed by atoms with Gasteiger partial charge in [0, 0.05) is 6.42 Å². The summed E-state index contributed by atoms with van der Waals surface area (Å²) in [5.41, 5.74) is -1.08. The zero-order chi connectivity index (χ0) is 12.2. The molecule has 1 rings (SSSR count). The third kappa shape index (κ3) is 2.97. The largest absolute Gasteiger partial charge is 0.494 e. The van der Waals surface area contributed by atoms with Crippen LogP contribution in [0, 0.1) is 0 Å². The summed E-state index contributed by atoms with van der Waals surface area (Å²) < 4.78 is 5.36. The first kappa shape index (κ1) is 12.5. The Balaban J connectivity index is 2.92. The van der Waals surface area contributed by atoms with Crippen molar-refractivity contribution in [3.63, 3.8) is 0 Å². The number of aliphatic carboxylic acids is 1. The molecule has 1 aromatic rings. The van der Waals surface area contributed by atoms with E-state index in [9.17, 15) is 9.90 Å². The summed E-state index contributed by atoms with van der Waals surface area (Å²) in [6, 6.07) is 7.11. The topological polar surface area (TPSA) is 66.8 Å². The average Bonchev–Trinajstić information content (AvgIpc) is 2.20. The van der Waals surface area contributed by atoms with Gasteiger partial charge in [0.15, 0.2) is 5.60 Å². The maximum Gasteiger partial charge on any atom is 0.335 e. The Hall–Kier alpha value is -1.55. The highest BCUT2D eigenvalue weighted by Crippen LogP contribution is 2.23. The Morgan fingerprint density at radius 2 is 2.06 bits per heavy atom. The molecule has 0 aromatic heterocycles. The molecule has 0 aliphatic heterocycles. The molecule has 1 aromatic carbocycles. The minimum atomic E-state index is -1.77. The van der Waals surface area contributed by atoms with Crippen LogP contribution >= 0.6 is 0 Å². The second kappa shape index (κ2) is 4.99. The van der Waals surface area contributed by atoms with Crippen molar-refractivity contribution in [2.45, 2.75) is 25.9 Å². The smallest absolute Gasteiger partial charge is 0.335 e. The van der Waals surface area contributed by atoms with Crippen LogP contribution in [0.1, 0.15) is 19.4 Å². The lowest BCUT2D eigenvalue weighted by molar-refractivity contribution is -0.156. The highest BCUT2D eigenvalue weighted by atomic mass is 16.5. The first-order chi connectivity index (χ1) is 7.47. The Kier molecular flexibility index (Phi) is 3.90. The quantitative estimate of drug-likeness (QED) is 0.794. The van der Waals surface area contributed by atoms with Gasteiger partial charge in [0.25, 0.3) is 0 Å². The van der Waals surface area contributed by atoms with Crippen LogP contribution in [0.5, 0.6) is 5.75 Å². The van der Waals surface area contributed by atoms with Gasteiger partial charge in [0.2, 0.25) is 0 Å². The summed E-state index contributed by atoms with van der Waals surface area (Å²) in [7, 11) is 0. The van der Waals surface area contributed by atoms with Crippen LogP contribution in [-0.2, 0) is 11.2 Å². The number of ether oxygens (including phenoxy) is 1. The maximum absolute atomic E-state index is 10.8. The molecule has 0 saturated carbocycles. The molecule has 0 radical (unpaired) electrons. The van der Waals surface area contributed by atoms with Gasteiger partial charge in [-0.2, -0.15) is 0 Å². The van der Waals surface area contributed by atoms with E-state index >= 15 is 0 Å². The summed E-state index contributed by atoms with van der Waals surface area (Å²) in [6.45, 7) is 3.64. The molecule has 88 valence electrons. The lowest BCUT2D eigenvalue weighted by atomic mass is 9.96. The van der Waals surface area contributed by atoms with E-state index in [2.05, 4.69) is 0 Å². The van der Waals surface area contributed by atoms with E-state index in [0.29, 0.717) is 17.9 Å². The first-order valence-corrected chi connectivity index (χ1v) is 5.14. The first-order valence-electron chi connectivity index (χ1n) is 5.14. The standard InChI is InChI=1S/C12H16O4/c1-3-16-10-7-5-4-6-9(10)8-12(2,15)11(13)14/h4-7,15H,3,8H2,1-2H3,(H,13,14).